The zero-order chi connectivity index (χ0) is 17.8. The van der Waals surface area contributed by atoms with Crippen LogP contribution in [0.3, 0.4) is 0 Å². The Kier molecular flexibility index (Phi) is 5.47. The molecule has 0 saturated heterocycles. The summed E-state index contributed by atoms with van der Waals surface area (Å²) in [5, 5.41) is 10.7. The van der Waals surface area contributed by atoms with Gasteiger partial charge in [0.25, 0.3) is 5.19 Å². The van der Waals surface area contributed by atoms with Crippen molar-refractivity contribution in [1.82, 2.24) is 4.98 Å². The second-order valence-electron chi connectivity index (χ2n) is 5.78. The summed E-state index contributed by atoms with van der Waals surface area (Å²) < 4.78 is 39.0. The van der Waals surface area contributed by atoms with Gasteiger partial charge < -0.3 is 14.6 Å². The molecule has 0 spiro atoms. The number of hydrogen-bond acceptors (Lipinski definition) is 5. The number of hydrogen-bond donors (Lipinski definition) is 1. The van der Waals surface area contributed by atoms with Crippen LogP contribution >= 0.6 is 11.3 Å². The first-order chi connectivity index (χ1) is 12.0. The summed E-state index contributed by atoms with van der Waals surface area (Å²) in [6.45, 7) is -0.0738. The van der Waals surface area contributed by atoms with Crippen molar-refractivity contribution in [2.45, 2.75) is 38.2 Å². The number of aromatic nitrogens is 1. The van der Waals surface area contributed by atoms with Crippen LogP contribution in [0.4, 0.5) is 8.78 Å². The number of carboxylic acid groups (broad SMARTS) is 1. The first-order valence-corrected chi connectivity index (χ1v) is 8.87. The Bertz CT molecular complexity index is 738. The largest absolute Gasteiger partial charge is 0.488 e. The third kappa shape index (κ3) is 4.45. The predicted octanol–water partition coefficient (Wildman–Crippen LogP) is 4.26. The molecule has 3 rings (SSSR count). The van der Waals surface area contributed by atoms with Gasteiger partial charge in [0, 0.05) is 17.4 Å². The number of ether oxygens (including phenoxy) is 2. The average molecular weight is 369 g/mol. The molecule has 0 amide bonds. The van der Waals surface area contributed by atoms with Gasteiger partial charge in [-0.15, -0.1) is 0 Å². The smallest absolute Gasteiger partial charge is 0.303 e. The number of benzene rings is 1. The molecule has 0 radical (unpaired) electrons. The highest BCUT2D eigenvalue weighted by Crippen LogP contribution is 2.33. The summed E-state index contributed by atoms with van der Waals surface area (Å²) in [6, 6.07) is 2.30. The van der Waals surface area contributed by atoms with E-state index in [0.29, 0.717) is 16.5 Å². The van der Waals surface area contributed by atoms with Gasteiger partial charge in [-0.1, -0.05) is 11.3 Å². The molecule has 0 bridgehead atoms. The fourth-order valence-corrected chi connectivity index (χ4v) is 3.06. The maximum atomic E-state index is 14.1. The zero-order valence-corrected chi connectivity index (χ0v) is 14.2. The molecule has 1 fully saturated rings. The topological polar surface area (TPSA) is 68.7 Å². The molecular weight excluding hydrogens is 352 g/mol. The Morgan fingerprint density at radius 2 is 2.04 bits per heavy atom. The van der Waals surface area contributed by atoms with Crippen LogP contribution in [0.2, 0.25) is 0 Å². The third-order valence-corrected chi connectivity index (χ3v) is 4.61. The molecule has 1 aromatic carbocycles. The molecule has 1 aliphatic rings. The molecule has 0 unspecified atom stereocenters. The molecule has 0 atom stereocenters. The van der Waals surface area contributed by atoms with Gasteiger partial charge >= 0.3 is 5.97 Å². The fraction of sp³-hybridized carbons (Fsp3) is 0.412. The number of rotatable bonds is 8. The minimum absolute atomic E-state index is 0.0738. The summed E-state index contributed by atoms with van der Waals surface area (Å²) in [7, 11) is 0. The van der Waals surface area contributed by atoms with Crippen molar-refractivity contribution in [2.75, 3.05) is 6.61 Å². The number of thiazole rings is 1. The molecule has 0 aliphatic heterocycles. The second kappa shape index (κ2) is 7.77. The van der Waals surface area contributed by atoms with Gasteiger partial charge in [0.15, 0.2) is 17.4 Å². The van der Waals surface area contributed by atoms with E-state index in [9.17, 15) is 13.6 Å². The molecule has 8 heteroatoms. The monoisotopic (exact) mass is 369 g/mol. The fourth-order valence-electron chi connectivity index (χ4n) is 2.32. The number of carbonyl (C=O) groups is 1. The molecule has 2 aromatic rings. The summed E-state index contributed by atoms with van der Waals surface area (Å²) >= 11 is 1.29. The van der Waals surface area contributed by atoms with Crippen molar-refractivity contribution >= 4 is 17.3 Å². The van der Waals surface area contributed by atoms with Gasteiger partial charge in [-0.3, -0.25) is 4.79 Å². The summed E-state index contributed by atoms with van der Waals surface area (Å²) in [4.78, 5) is 14.7. The average Bonchev–Trinajstić information content (AvgIpc) is 2.98. The lowest BCUT2D eigenvalue weighted by atomic mass is 9.96. The van der Waals surface area contributed by atoms with Crippen LogP contribution in [0.15, 0.2) is 17.5 Å². The predicted molar refractivity (Wildman–Crippen MR) is 88.1 cm³/mol. The number of carboxylic acids is 1. The van der Waals surface area contributed by atoms with Crippen LogP contribution in [0, 0.1) is 11.6 Å². The van der Waals surface area contributed by atoms with Crippen molar-refractivity contribution in [3.8, 4) is 22.2 Å². The highest BCUT2D eigenvalue weighted by Gasteiger charge is 2.21. The molecule has 134 valence electrons. The van der Waals surface area contributed by atoms with Crippen LogP contribution < -0.4 is 9.47 Å². The van der Waals surface area contributed by atoms with E-state index >= 15 is 0 Å². The highest BCUT2D eigenvalue weighted by molar-refractivity contribution is 7.11. The van der Waals surface area contributed by atoms with Crippen molar-refractivity contribution in [2.24, 2.45) is 0 Å². The van der Waals surface area contributed by atoms with Gasteiger partial charge in [-0.05, 0) is 37.8 Å². The molecule has 5 nitrogen and oxygen atoms in total. The molecule has 1 heterocycles. The Morgan fingerprint density at radius 3 is 2.64 bits per heavy atom. The van der Waals surface area contributed by atoms with E-state index in [1.165, 1.54) is 11.3 Å². The lowest BCUT2D eigenvalue weighted by molar-refractivity contribution is -0.137. The van der Waals surface area contributed by atoms with E-state index in [0.717, 1.165) is 31.4 Å². The van der Waals surface area contributed by atoms with Gasteiger partial charge in [0.2, 0.25) is 0 Å². The summed E-state index contributed by atoms with van der Waals surface area (Å²) in [5.74, 6) is -3.18. The standard InChI is InChI=1S/C17H17F2NO4S/c18-12-7-10(8-13(19)16(12)23-6-2-5-15(21)22)14-9-25-17(20-14)24-11-3-1-4-11/h7-9,11H,1-6H2,(H,21,22). The van der Waals surface area contributed by atoms with Crippen LogP contribution in [-0.4, -0.2) is 28.8 Å². The lowest BCUT2D eigenvalue weighted by Crippen LogP contribution is -2.24. The maximum Gasteiger partial charge on any atom is 0.303 e. The van der Waals surface area contributed by atoms with E-state index in [4.69, 9.17) is 14.6 Å². The molecule has 1 aliphatic carbocycles. The summed E-state index contributed by atoms with van der Waals surface area (Å²) in [6.07, 6.45) is 3.40. The van der Waals surface area contributed by atoms with Crippen LogP contribution in [0.25, 0.3) is 11.3 Å². The van der Waals surface area contributed by atoms with Crippen molar-refractivity contribution in [3.63, 3.8) is 0 Å². The minimum atomic E-state index is -0.983. The Balaban J connectivity index is 1.67. The van der Waals surface area contributed by atoms with E-state index in [1.807, 2.05) is 0 Å². The van der Waals surface area contributed by atoms with Gasteiger partial charge in [-0.2, -0.15) is 0 Å². The van der Waals surface area contributed by atoms with E-state index in [-0.39, 0.29) is 25.6 Å². The van der Waals surface area contributed by atoms with Crippen LogP contribution in [-0.2, 0) is 4.79 Å². The van der Waals surface area contributed by atoms with E-state index < -0.39 is 23.4 Å². The minimum Gasteiger partial charge on any atom is -0.488 e. The zero-order valence-electron chi connectivity index (χ0n) is 13.3. The van der Waals surface area contributed by atoms with E-state index in [1.54, 1.807) is 5.38 Å². The maximum absolute atomic E-state index is 14.1. The van der Waals surface area contributed by atoms with Crippen LogP contribution in [0.1, 0.15) is 32.1 Å². The molecule has 1 N–H and O–H groups in total. The van der Waals surface area contributed by atoms with E-state index in [2.05, 4.69) is 4.98 Å². The number of aliphatic carboxylic acids is 1. The van der Waals surface area contributed by atoms with Gasteiger partial charge in [0.05, 0.1) is 12.3 Å². The normalized spacial score (nSPS) is 14.2. The SMILES string of the molecule is O=C(O)CCCOc1c(F)cc(-c2csc(OC3CCC3)n2)cc1F. The number of halogens is 2. The molecule has 1 aromatic heterocycles. The van der Waals surface area contributed by atoms with Gasteiger partial charge in [0.1, 0.15) is 6.10 Å². The Morgan fingerprint density at radius 1 is 1.32 bits per heavy atom. The first kappa shape index (κ1) is 17.6. The number of nitrogens with zero attached hydrogens (tertiary/aromatic N) is 1. The molecular formula is C17H17F2NO4S. The molecule has 25 heavy (non-hydrogen) atoms. The molecule has 1 saturated carbocycles. The van der Waals surface area contributed by atoms with Crippen molar-refractivity contribution < 1.29 is 28.2 Å². The quantitative estimate of drug-likeness (QED) is 0.704. The second-order valence-corrected chi connectivity index (χ2v) is 6.60. The third-order valence-electron chi connectivity index (χ3n) is 3.88. The highest BCUT2D eigenvalue weighted by atomic mass is 32.1. The Labute approximate surface area is 147 Å². The lowest BCUT2D eigenvalue weighted by Gasteiger charge is -2.24. The summed E-state index contributed by atoms with van der Waals surface area (Å²) in [5.41, 5.74) is 0.738. The van der Waals surface area contributed by atoms with Crippen molar-refractivity contribution in [3.05, 3.63) is 29.1 Å². The van der Waals surface area contributed by atoms with Crippen LogP contribution in [0.5, 0.6) is 10.9 Å². The van der Waals surface area contributed by atoms with Gasteiger partial charge in [-0.25, -0.2) is 13.8 Å². The Hall–Kier alpha value is -2.22. The first-order valence-electron chi connectivity index (χ1n) is 7.99. The van der Waals surface area contributed by atoms with Crippen molar-refractivity contribution in [1.29, 1.82) is 0 Å².